The highest BCUT2D eigenvalue weighted by Gasteiger charge is 2.39. The number of primary amides is 2. The predicted molar refractivity (Wildman–Crippen MR) is 433 cm³/mol. The van der Waals surface area contributed by atoms with E-state index < -0.39 is 193 Å². The maximum Gasteiger partial charge on any atom is 0.245 e. The van der Waals surface area contributed by atoms with Crippen LogP contribution in [0.25, 0.3) is 21.8 Å². The van der Waals surface area contributed by atoms with Crippen LogP contribution in [0, 0.1) is 11.8 Å². The van der Waals surface area contributed by atoms with Crippen LogP contribution in [0.2, 0.25) is 0 Å². The first-order valence-corrected chi connectivity index (χ1v) is 39.4. The molecule has 2 heterocycles. The normalized spacial score (nSPS) is 14.6. The number of aliphatic hydroxyl groups excluding tert-OH is 2. The summed E-state index contributed by atoms with van der Waals surface area (Å²) in [7, 11) is 0. The number of aromatic amines is 2. The lowest BCUT2D eigenvalue weighted by molar-refractivity contribution is -0.137. The van der Waals surface area contributed by atoms with E-state index in [0.29, 0.717) is 50.8 Å². The second-order valence-electron chi connectivity index (χ2n) is 29.5. The maximum absolute atomic E-state index is 15.0. The Balaban J connectivity index is 1.37. The number of phenolic OH excluding ortho intramolecular Hbond substituents is 1. The van der Waals surface area contributed by atoms with Crippen LogP contribution < -0.4 is 97.8 Å². The Morgan fingerprint density at radius 1 is 0.410 bits per heavy atom. The number of phenols is 1. The topological polar surface area (TPSA) is 635 Å². The van der Waals surface area contributed by atoms with Crippen molar-refractivity contribution in [2.45, 2.75) is 217 Å². The standard InChI is InChI=1S/C79H118N20O18/c1-7-44(4)67(78(116)97-61(37-63(83)103)70(108)88-41-66(106)87-40-64(84)104)98-79(117)68(46(6)101)99-76(114)60(36-49-39-86-54-22-14-12-20-52(49)54)95-73(111)56(24-16-32-81)91-69(107)45(5)89-71(109)55(23-15-31-80)92-72(110)57(25-17-33-82)93-75(113)59(35-48-38-85-53-21-13-11-19-51(48)53)96-74(112)58(34-47-27-29-50(102)30-28-47)94-77(115)62(42-100)90-65(105)26-10-8-9-18-43(2)3/h11-14,19-22,27-30,38-39,43-46,55-62,67-68,85-86,100-102H,7-10,15-18,23-26,31-37,40-42,80-82H2,1-6H3,(H2,83,103)(H2,84,104)(H,87,106)(H,88,108)(H,89,109)(H,90,105)(H,91,107)(H,92,110)(H,93,113)(H,94,115)(H,95,111)(H,96,112)(H,97,116)(H,98,117)(H,99,114)/t44-,45-,46+,55-,56+,57+,58+,59+,60-,61-,62+,67-,68-/m0/s1. The van der Waals surface area contributed by atoms with Gasteiger partial charge in [-0.25, -0.2) is 0 Å². The molecular formula is C79H118N20O18. The minimum Gasteiger partial charge on any atom is -0.508 e. The van der Waals surface area contributed by atoms with Gasteiger partial charge in [-0.3, -0.25) is 71.9 Å². The Labute approximate surface area is 678 Å². The highest BCUT2D eigenvalue weighted by Crippen LogP contribution is 2.23. The number of aromatic hydroxyl groups is 1. The molecule has 38 nitrogen and oxygen atoms in total. The van der Waals surface area contributed by atoms with Gasteiger partial charge < -0.3 is 123 Å². The molecule has 28 N–H and O–H groups in total. The third-order valence-corrected chi connectivity index (χ3v) is 19.5. The number of aliphatic hydroxyl groups is 2. The van der Waals surface area contributed by atoms with Gasteiger partial charge in [0.1, 0.15) is 72.2 Å². The molecule has 5 aromatic rings. The van der Waals surface area contributed by atoms with Gasteiger partial charge in [0.15, 0.2) is 0 Å². The van der Waals surface area contributed by atoms with Crippen LogP contribution in [0.3, 0.4) is 0 Å². The number of amides is 15. The molecule has 3 aromatic carbocycles. The smallest absolute Gasteiger partial charge is 0.245 e. The van der Waals surface area contributed by atoms with Gasteiger partial charge in [-0.05, 0) is 131 Å². The van der Waals surface area contributed by atoms with E-state index in [4.69, 9.17) is 28.7 Å². The number of aromatic nitrogens is 2. The zero-order valence-corrected chi connectivity index (χ0v) is 67.1. The Morgan fingerprint density at radius 3 is 1.32 bits per heavy atom. The summed E-state index contributed by atoms with van der Waals surface area (Å²) < 4.78 is 0. The molecule has 0 saturated heterocycles. The molecule has 0 aliphatic carbocycles. The molecule has 5 rings (SSSR count). The fraction of sp³-hybridized carbons (Fsp3) is 0.532. The van der Waals surface area contributed by atoms with E-state index >= 15 is 0 Å². The van der Waals surface area contributed by atoms with Gasteiger partial charge in [0.2, 0.25) is 88.6 Å². The van der Waals surface area contributed by atoms with Crippen molar-refractivity contribution < 1.29 is 87.2 Å². The number of unbranched alkanes of at least 4 members (excludes halogenated alkanes) is 2. The molecule has 0 saturated carbocycles. The zero-order valence-electron chi connectivity index (χ0n) is 67.1. The van der Waals surface area contributed by atoms with Crippen molar-refractivity contribution in [1.82, 2.24) is 79.1 Å². The molecule has 0 unspecified atom stereocenters. The van der Waals surface area contributed by atoms with Gasteiger partial charge in [0.25, 0.3) is 0 Å². The summed E-state index contributed by atoms with van der Waals surface area (Å²) in [6.07, 6.45) is 3.62. The molecule has 38 heteroatoms. The number of benzene rings is 3. The fourth-order valence-corrected chi connectivity index (χ4v) is 12.6. The van der Waals surface area contributed by atoms with E-state index in [2.05, 4.69) is 92.9 Å². The van der Waals surface area contributed by atoms with Crippen molar-refractivity contribution in [3.05, 3.63) is 102 Å². The number of carbonyl (C=O) groups excluding carboxylic acids is 15. The molecule has 0 aliphatic rings. The number of nitrogens with one attached hydrogen (secondary N) is 15. The van der Waals surface area contributed by atoms with Crippen LogP contribution in [0.4, 0.5) is 0 Å². The number of para-hydroxylation sites is 2. The van der Waals surface area contributed by atoms with Crippen LogP contribution in [-0.4, -0.2) is 226 Å². The second-order valence-corrected chi connectivity index (χ2v) is 29.5. The minimum atomic E-state index is -1.86. The van der Waals surface area contributed by atoms with Crippen molar-refractivity contribution in [2.24, 2.45) is 40.5 Å². The highest BCUT2D eigenvalue weighted by molar-refractivity contribution is 6.01. The Hall–Kier alpha value is -11.6. The molecule has 642 valence electrons. The van der Waals surface area contributed by atoms with Gasteiger partial charge in [0, 0.05) is 59.9 Å². The molecular weight excluding hydrogens is 1520 g/mol. The third-order valence-electron chi connectivity index (χ3n) is 19.5. The van der Waals surface area contributed by atoms with Gasteiger partial charge in [-0.1, -0.05) is 102 Å². The van der Waals surface area contributed by atoms with E-state index in [9.17, 15) is 87.2 Å². The van der Waals surface area contributed by atoms with Gasteiger partial charge >= 0.3 is 0 Å². The van der Waals surface area contributed by atoms with Crippen molar-refractivity contribution in [3.8, 4) is 5.75 Å². The van der Waals surface area contributed by atoms with Crippen LogP contribution in [-0.2, 0) is 91.2 Å². The number of hydrogen-bond donors (Lipinski definition) is 23. The first-order valence-electron chi connectivity index (χ1n) is 39.4. The van der Waals surface area contributed by atoms with Crippen LogP contribution in [0.15, 0.2) is 85.2 Å². The Morgan fingerprint density at radius 2 is 0.846 bits per heavy atom. The summed E-state index contributed by atoms with van der Waals surface area (Å²) in [5.41, 5.74) is 31.1. The van der Waals surface area contributed by atoms with E-state index in [-0.39, 0.29) is 96.0 Å². The average Bonchev–Trinajstić information content (AvgIpc) is 1.71. The third kappa shape index (κ3) is 32.2. The molecule has 2 aromatic heterocycles. The van der Waals surface area contributed by atoms with Crippen LogP contribution in [0.1, 0.15) is 142 Å². The summed E-state index contributed by atoms with van der Waals surface area (Å²) in [6.45, 7) is 7.86. The highest BCUT2D eigenvalue weighted by atomic mass is 16.3. The molecule has 0 fully saturated rings. The molecule has 0 aliphatic heterocycles. The first-order chi connectivity index (χ1) is 55.7. The monoisotopic (exact) mass is 1630 g/mol. The second kappa shape index (κ2) is 49.3. The lowest BCUT2D eigenvalue weighted by Gasteiger charge is -2.30. The summed E-state index contributed by atoms with van der Waals surface area (Å²) in [4.78, 5) is 213. The number of carbonyl (C=O) groups is 15. The maximum atomic E-state index is 15.0. The SMILES string of the molecule is CC[C@H](C)[C@H](NC(=O)[C@@H](NC(=O)[C@H](Cc1c[nH]c2ccccc12)NC(=O)[C@@H](CCCN)NC(=O)[C@H](C)NC(=O)[C@H](CCCN)NC(=O)[C@@H](CCCN)NC(=O)[C@@H](Cc1c[nH]c2ccccc12)NC(=O)[C@@H](Cc1ccc(O)cc1)NC(=O)[C@@H](CO)NC(=O)CCCCCC(C)C)[C@@H](C)O)C(=O)N[C@@H](CC(N)=O)C(=O)NCC(=O)NCC(N)=O. The number of fused-ring (bicyclic) bond motifs is 2. The van der Waals surface area contributed by atoms with Crippen LogP contribution in [0.5, 0.6) is 5.75 Å². The van der Waals surface area contributed by atoms with Crippen molar-refractivity contribution >= 4 is 110 Å². The van der Waals surface area contributed by atoms with Gasteiger partial charge in [-0.15, -0.1) is 0 Å². The molecule has 0 spiro atoms. The summed E-state index contributed by atoms with van der Waals surface area (Å²) in [6, 6.07) is 2.94. The Kier molecular flexibility index (Phi) is 40.5. The summed E-state index contributed by atoms with van der Waals surface area (Å²) in [5, 5.41) is 65.9. The Bertz CT molecular complexity index is 4170. The largest absolute Gasteiger partial charge is 0.508 e. The van der Waals surface area contributed by atoms with E-state index in [1.54, 1.807) is 74.8 Å². The zero-order chi connectivity index (χ0) is 86.4. The number of H-pyrrole nitrogens is 2. The van der Waals surface area contributed by atoms with Crippen molar-refractivity contribution in [1.29, 1.82) is 0 Å². The predicted octanol–water partition coefficient (Wildman–Crippen LogP) is -3.43. The van der Waals surface area contributed by atoms with E-state index in [0.717, 1.165) is 26.2 Å². The molecule has 117 heavy (non-hydrogen) atoms. The van der Waals surface area contributed by atoms with Crippen LogP contribution >= 0.6 is 0 Å². The average molecular weight is 1640 g/mol. The lowest BCUT2D eigenvalue weighted by Crippen LogP contribution is -2.63. The number of nitrogens with two attached hydrogens (primary N) is 5. The molecule has 13 atom stereocenters. The molecule has 15 amide bonds. The molecule has 0 bridgehead atoms. The quantitative estimate of drug-likeness (QED) is 0.0169. The summed E-state index contributed by atoms with van der Waals surface area (Å²) in [5.74, 6) is -14.2. The first kappa shape index (κ1) is 96.0. The van der Waals surface area contributed by atoms with Gasteiger partial charge in [0.05, 0.1) is 32.2 Å². The number of rotatable bonds is 53. The van der Waals surface area contributed by atoms with Crippen molar-refractivity contribution in [2.75, 3.05) is 39.3 Å². The van der Waals surface area contributed by atoms with Gasteiger partial charge in [-0.2, -0.15) is 0 Å². The fourth-order valence-electron chi connectivity index (χ4n) is 12.6. The van der Waals surface area contributed by atoms with Crippen molar-refractivity contribution in [3.63, 3.8) is 0 Å². The minimum absolute atomic E-state index is 0.00874. The van der Waals surface area contributed by atoms with E-state index in [1.165, 1.54) is 31.2 Å². The van der Waals surface area contributed by atoms with E-state index in [1.807, 2.05) is 0 Å². The lowest BCUT2D eigenvalue weighted by atomic mass is 9.96. The summed E-state index contributed by atoms with van der Waals surface area (Å²) >= 11 is 0. The molecule has 0 radical (unpaired) electrons. The number of hydrogen-bond acceptors (Lipinski definition) is 21.